The van der Waals surface area contributed by atoms with Gasteiger partial charge in [0.1, 0.15) is 12.2 Å². The molecule has 11 heteroatoms. The number of hydrogen-bond donors (Lipinski definition) is 1. The highest BCUT2D eigenvalue weighted by atomic mass is 32.2. The summed E-state index contributed by atoms with van der Waals surface area (Å²) in [5, 5.41) is 6.56. The van der Waals surface area contributed by atoms with E-state index < -0.39 is 21.3 Å². The van der Waals surface area contributed by atoms with E-state index in [0.29, 0.717) is 10.6 Å². The molecule has 0 atom stereocenters. The molecule has 0 fully saturated rings. The lowest BCUT2D eigenvalue weighted by molar-refractivity contribution is -0.117. The van der Waals surface area contributed by atoms with Crippen LogP contribution in [0.15, 0.2) is 45.0 Å². The highest BCUT2D eigenvalue weighted by Crippen LogP contribution is 2.30. The van der Waals surface area contributed by atoms with Gasteiger partial charge in [0.25, 0.3) is 5.56 Å². The zero-order valence-electron chi connectivity index (χ0n) is 14.5. The smallest absolute Gasteiger partial charge is 0.292 e. The largest absolute Gasteiger partial charge is 0.324 e. The number of carbonyl (C=O) groups excluding carboxylic acids is 2. The summed E-state index contributed by atoms with van der Waals surface area (Å²) in [4.78, 5) is 38.6. The zero-order chi connectivity index (χ0) is 19.8. The second kappa shape index (κ2) is 7.16. The molecule has 3 rings (SSSR count). The molecule has 0 saturated carbocycles. The molecular formula is C16H16N4O5S2. The van der Waals surface area contributed by atoms with Crippen LogP contribution in [0, 0.1) is 0 Å². The molecule has 0 bridgehead atoms. The van der Waals surface area contributed by atoms with Gasteiger partial charge >= 0.3 is 0 Å². The number of nitrogens with zero attached hydrogens (tertiary/aromatic N) is 3. The highest BCUT2D eigenvalue weighted by Gasteiger charge is 2.26. The lowest BCUT2D eigenvalue weighted by atomic mass is 10.3. The number of fused-ring (bicyclic) bond motifs is 1. The molecule has 9 nitrogen and oxygen atoms in total. The maximum atomic E-state index is 12.6. The number of sulfone groups is 1. The van der Waals surface area contributed by atoms with Gasteiger partial charge in [-0.3, -0.25) is 14.4 Å². The van der Waals surface area contributed by atoms with E-state index in [1.54, 1.807) is 0 Å². The van der Waals surface area contributed by atoms with Crippen molar-refractivity contribution in [1.29, 1.82) is 0 Å². The number of benzene rings is 1. The molecule has 1 aromatic carbocycles. The van der Waals surface area contributed by atoms with Crippen molar-refractivity contribution < 1.29 is 18.0 Å². The van der Waals surface area contributed by atoms with Crippen molar-refractivity contribution in [3.63, 3.8) is 0 Å². The molecular weight excluding hydrogens is 392 g/mol. The predicted molar refractivity (Wildman–Crippen MR) is 101 cm³/mol. The molecule has 1 aliphatic heterocycles. The van der Waals surface area contributed by atoms with Crippen LogP contribution in [0.2, 0.25) is 0 Å². The van der Waals surface area contributed by atoms with Crippen LogP contribution in [0.3, 0.4) is 0 Å². The number of anilines is 2. The topological polar surface area (TPSA) is 118 Å². The number of thioether (sulfide) groups is 1. The quantitative estimate of drug-likeness (QED) is 0.776. The molecule has 142 valence electrons. The second-order valence-corrected chi connectivity index (χ2v) is 8.94. The minimum atomic E-state index is -3.32. The van der Waals surface area contributed by atoms with Crippen molar-refractivity contribution in [1.82, 2.24) is 9.78 Å². The van der Waals surface area contributed by atoms with Crippen LogP contribution >= 0.6 is 11.8 Å². The Labute approximate surface area is 159 Å². The molecule has 2 amide bonds. The van der Waals surface area contributed by atoms with Crippen molar-refractivity contribution in [2.75, 3.05) is 29.3 Å². The van der Waals surface area contributed by atoms with Gasteiger partial charge in [0.15, 0.2) is 9.84 Å². The minimum absolute atomic E-state index is 0.137. The highest BCUT2D eigenvalue weighted by molar-refractivity contribution is 8.00. The SMILES string of the molecule is CN1C(=O)CSc2cnn(CC(=O)Nc3ccc(S(C)(=O)=O)cc3)c(=O)c21. The summed E-state index contributed by atoms with van der Waals surface area (Å²) in [6, 6.07) is 5.68. The Bertz CT molecular complexity index is 1080. The van der Waals surface area contributed by atoms with Gasteiger partial charge in [0, 0.05) is 19.0 Å². The standard InChI is InChI=1S/C16H16N4O5S2/c1-19-14(22)9-26-12-7-17-20(16(23)15(12)19)8-13(21)18-10-3-5-11(6-4-10)27(2,24)25/h3-7H,8-9H2,1-2H3,(H,18,21). The molecule has 1 aliphatic rings. The third-order valence-corrected chi connectivity index (χ3v) is 6.03. The van der Waals surface area contributed by atoms with Gasteiger partial charge in [-0.2, -0.15) is 5.10 Å². The normalized spacial score (nSPS) is 14.0. The van der Waals surface area contributed by atoms with Crippen molar-refractivity contribution in [3.8, 4) is 0 Å². The van der Waals surface area contributed by atoms with Gasteiger partial charge in [-0.1, -0.05) is 0 Å². The molecule has 0 saturated heterocycles. The van der Waals surface area contributed by atoms with Crippen molar-refractivity contribution in [2.45, 2.75) is 16.3 Å². The molecule has 0 radical (unpaired) electrons. The van der Waals surface area contributed by atoms with Crippen LogP contribution < -0.4 is 15.8 Å². The number of aromatic nitrogens is 2. The molecule has 27 heavy (non-hydrogen) atoms. The van der Waals surface area contributed by atoms with Gasteiger partial charge < -0.3 is 10.2 Å². The van der Waals surface area contributed by atoms with E-state index in [-0.39, 0.29) is 28.8 Å². The summed E-state index contributed by atoms with van der Waals surface area (Å²) in [6.07, 6.45) is 2.55. The van der Waals surface area contributed by atoms with Gasteiger partial charge in [0.05, 0.1) is 21.7 Å². The van der Waals surface area contributed by atoms with Crippen molar-refractivity contribution in [2.24, 2.45) is 0 Å². The Kier molecular flexibility index (Phi) is 5.07. The van der Waals surface area contributed by atoms with Crippen LogP contribution in [-0.2, 0) is 26.0 Å². The van der Waals surface area contributed by atoms with Crippen LogP contribution in [0.25, 0.3) is 0 Å². The van der Waals surface area contributed by atoms with E-state index in [1.807, 2.05) is 0 Å². The molecule has 1 aromatic heterocycles. The lowest BCUT2D eigenvalue weighted by Crippen LogP contribution is -2.40. The van der Waals surface area contributed by atoms with E-state index in [2.05, 4.69) is 10.4 Å². The van der Waals surface area contributed by atoms with Gasteiger partial charge in [0.2, 0.25) is 11.8 Å². The number of amides is 2. The summed E-state index contributed by atoms with van der Waals surface area (Å²) in [6.45, 7) is -0.341. The Hall–Kier alpha value is -2.66. The lowest BCUT2D eigenvalue weighted by Gasteiger charge is -2.24. The predicted octanol–water partition coefficient (Wildman–Crippen LogP) is 0.354. The molecule has 0 aliphatic carbocycles. The van der Waals surface area contributed by atoms with Crippen molar-refractivity contribution >= 4 is 44.8 Å². The van der Waals surface area contributed by atoms with Crippen LogP contribution in [0.5, 0.6) is 0 Å². The first-order chi connectivity index (χ1) is 12.7. The Morgan fingerprint density at radius 1 is 1.26 bits per heavy atom. The Morgan fingerprint density at radius 3 is 2.56 bits per heavy atom. The Morgan fingerprint density at radius 2 is 1.93 bits per heavy atom. The zero-order valence-corrected chi connectivity index (χ0v) is 16.1. The first-order valence-electron chi connectivity index (χ1n) is 7.76. The third kappa shape index (κ3) is 4.03. The average molecular weight is 408 g/mol. The van der Waals surface area contributed by atoms with E-state index >= 15 is 0 Å². The summed E-state index contributed by atoms with van der Waals surface area (Å²) in [5.41, 5.74) is 0.0657. The fourth-order valence-corrected chi connectivity index (χ4v) is 4.06. The molecule has 2 heterocycles. The summed E-state index contributed by atoms with van der Waals surface area (Å²) >= 11 is 1.23. The average Bonchev–Trinajstić information content (AvgIpc) is 2.60. The minimum Gasteiger partial charge on any atom is -0.324 e. The number of carbonyl (C=O) groups is 2. The molecule has 0 spiro atoms. The molecule has 2 aromatic rings. The van der Waals surface area contributed by atoms with Crippen LogP contribution in [0.4, 0.5) is 11.4 Å². The maximum Gasteiger partial charge on any atom is 0.292 e. The maximum absolute atomic E-state index is 12.6. The number of hydrogen-bond acceptors (Lipinski definition) is 7. The fourth-order valence-electron chi connectivity index (χ4n) is 2.47. The van der Waals surface area contributed by atoms with E-state index in [4.69, 9.17) is 0 Å². The first kappa shape index (κ1) is 19.1. The van der Waals surface area contributed by atoms with Crippen LogP contribution in [0.1, 0.15) is 0 Å². The van der Waals surface area contributed by atoms with Crippen molar-refractivity contribution in [3.05, 3.63) is 40.8 Å². The summed E-state index contributed by atoms with van der Waals surface area (Å²) in [7, 11) is -1.81. The van der Waals surface area contributed by atoms with E-state index in [0.717, 1.165) is 10.9 Å². The Balaban J connectivity index is 1.77. The fraction of sp³-hybridized carbons (Fsp3) is 0.250. The monoisotopic (exact) mass is 408 g/mol. The third-order valence-electron chi connectivity index (χ3n) is 3.91. The summed E-state index contributed by atoms with van der Waals surface area (Å²) < 4.78 is 23.9. The van der Waals surface area contributed by atoms with Gasteiger partial charge in [-0.05, 0) is 24.3 Å². The second-order valence-electron chi connectivity index (χ2n) is 5.91. The number of rotatable bonds is 4. The molecule has 1 N–H and O–H groups in total. The number of nitrogens with one attached hydrogen (secondary N) is 1. The van der Waals surface area contributed by atoms with Gasteiger partial charge in [-0.15, -0.1) is 11.8 Å². The van der Waals surface area contributed by atoms with Crippen LogP contribution in [-0.4, -0.2) is 49.1 Å². The van der Waals surface area contributed by atoms with E-state index in [9.17, 15) is 22.8 Å². The van der Waals surface area contributed by atoms with E-state index in [1.165, 1.54) is 54.2 Å². The summed E-state index contributed by atoms with van der Waals surface area (Å²) in [5.74, 6) is -0.467. The first-order valence-corrected chi connectivity index (χ1v) is 10.6. The molecule has 0 unspecified atom stereocenters. The van der Waals surface area contributed by atoms with Gasteiger partial charge in [-0.25, -0.2) is 13.1 Å².